The van der Waals surface area contributed by atoms with Crippen molar-refractivity contribution in [1.82, 2.24) is 5.32 Å². The van der Waals surface area contributed by atoms with Crippen molar-refractivity contribution in [3.63, 3.8) is 0 Å². The van der Waals surface area contributed by atoms with Gasteiger partial charge >= 0.3 is 0 Å². The summed E-state index contributed by atoms with van der Waals surface area (Å²) in [6.07, 6.45) is 6.62. The van der Waals surface area contributed by atoms with Gasteiger partial charge in [0.1, 0.15) is 0 Å². The van der Waals surface area contributed by atoms with Crippen LogP contribution in [0, 0.1) is 23.7 Å². The van der Waals surface area contributed by atoms with E-state index in [1.165, 1.54) is 0 Å². The molecule has 12 heavy (non-hydrogen) atoms. The normalized spacial score (nSPS) is 13.1. The van der Waals surface area contributed by atoms with Crippen LogP contribution < -0.4 is 5.32 Å². The van der Waals surface area contributed by atoms with E-state index in [0.717, 1.165) is 6.17 Å². The molecule has 1 N–H and O–H groups in total. The Bertz CT molecular complexity index is 204. The molecule has 0 aliphatic heterocycles. The Hall–Kier alpha value is -0.773. The van der Waals surface area contributed by atoms with Crippen LogP contribution in [-0.2, 0) is 0 Å². The van der Waals surface area contributed by atoms with Gasteiger partial charge in [-0.25, -0.2) is 0 Å². The molecule has 1 unspecified atom stereocenters. The first kappa shape index (κ1) is 11.2. The predicted octanol–water partition coefficient (Wildman–Crippen LogP) is 1.37. The summed E-state index contributed by atoms with van der Waals surface area (Å²) in [5.74, 6) is 2.56. The van der Waals surface area contributed by atoms with Crippen LogP contribution in [0.15, 0.2) is 0 Å². The third kappa shape index (κ3) is 5.97. The van der Waals surface area contributed by atoms with Gasteiger partial charge in [0.2, 0.25) is 0 Å². The Kier molecular flexibility index (Phi) is 4.66. The molecule has 0 saturated carbocycles. The van der Waals surface area contributed by atoms with Gasteiger partial charge in [-0.1, -0.05) is 25.6 Å². The Balaban J connectivity index is 3.77. The maximum absolute atomic E-state index is 8.42. The SMILES string of the molecule is C#CC(CC#N)NC[Si](C)(C)C. The maximum Gasteiger partial charge on any atom is 0.0815 e. The molecule has 0 saturated heterocycles. The molecule has 0 bridgehead atoms. The summed E-state index contributed by atoms with van der Waals surface area (Å²) in [5, 5.41) is 11.6. The number of nitrogens with zero attached hydrogens (tertiary/aromatic N) is 1. The van der Waals surface area contributed by atoms with E-state index in [9.17, 15) is 0 Å². The summed E-state index contributed by atoms with van der Waals surface area (Å²) in [5.41, 5.74) is 0. The van der Waals surface area contributed by atoms with Crippen molar-refractivity contribution < 1.29 is 0 Å². The Morgan fingerprint density at radius 2 is 2.08 bits per heavy atom. The van der Waals surface area contributed by atoms with E-state index < -0.39 is 8.07 Å². The quantitative estimate of drug-likeness (QED) is 0.524. The topological polar surface area (TPSA) is 35.8 Å². The van der Waals surface area contributed by atoms with E-state index in [0.29, 0.717) is 6.42 Å². The van der Waals surface area contributed by atoms with Crippen molar-refractivity contribution in [2.45, 2.75) is 32.1 Å². The fraction of sp³-hybridized carbons (Fsp3) is 0.667. The lowest BCUT2D eigenvalue weighted by atomic mass is 10.2. The van der Waals surface area contributed by atoms with E-state index in [2.05, 4.69) is 36.9 Å². The number of rotatable bonds is 4. The van der Waals surface area contributed by atoms with Crippen LogP contribution in [0.2, 0.25) is 19.6 Å². The number of hydrogen-bond acceptors (Lipinski definition) is 2. The zero-order chi connectivity index (χ0) is 9.61. The number of hydrogen-bond donors (Lipinski definition) is 1. The molecule has 0 aromatic carbocycles. The molecule has 66 valence electrons. The van der Waals surface area contributed by atoms with Crippen molar-refractivity contribution in [3.05, 3.63) is 0 Å². The lowest BCUT2D eigenvalue weighted by Gasteiger charge is -2.18. The smallest absolute Gasteiger partial charge is 0.0815 e. The Labute approximate surface area is 76.0 Å². The van der Waals surface area contributed by atoms with Crippen molar-refractivity contribution in [3.8, 4) is 18.4 Å². The fourth-order valence-electron chi connectivity index (χ4n) is 0.711. The van der Waals surface area contributed by atoms with E-state index in [1.807, 2.05) is 0 Å². The Morgan fingerprint density at radius 3 is 2.42 bits per heavy atom. The van der Waals surface area contributed by atoms with Gasteiger partial charge in [-0.05, 0) is 6.17 Å². The second-order valence-electron chi connectivity index (χ2n) is 4.02. The summed E-state index contributed by atoms with van der Waals surface area (Å²) >= 11 is 0. The summed E-state index contributed by atoms with van der Waals surface area (Å²) in [7, 11) is -1.08. The second-order valence-corrected chi connectivity index (χ2v) is 9.50. The summed E-state index contributed by atoms with van der Waals surface area (Å²) in [4.78, 5) is 0. The van der Waals surface area contributed by atoms with Crippen LogP contribution in [0.1, 0.15) is 6.42 Å². The molecule has 2 nitrogen and oxygen atoms in total. The van der Waals surface area contributed by atoms with Gasteiger partial charge < -0.3 is 5.32 Å². The molecule has 0 fully saturated rings. The van der Waals surface area contributed by atoms with Crippen molar-refractivity contribution in [2.75, 3.05) is 6.17 Å². The lowest BCUT2D eigenvalue weighted by molar-refractivity contribution is 0.676. The number of terminal acetylenes is 1. The van der Waals surface area contributed by atoms with Crippen molar-refractivity contribution >= 4 is 8.07 Å². The van der Waals surface area contributed by atoms with Crippen molar-refractivity contribution in [2.24, 2.45) is 0 Å². The number of nitrogens with one attached hydrogen (secondary N) is 1. The molecule has 0 aromatic heterocycles. The Morgan fingerprint density at radius 1 is 1.50 bits per heavy atom. The molecular weight excluding hydrogens is 164 g/mol. The highest BCUT2D eigenvalue weighted by atomic mass is 28.3. The van der Waals surface area contributed by atoms with Crippen LogP contribution in [0.3, 0.4) is 0 Å². The predicted molar refractivity (Wildman–Crippen MR) is 54.2 cm³/mol. The molecular formula is C9H16N2Si. The molecule has 0 heterocycles. The first-order valence-corrected chi connectivity index (χ1v) is 7.77. The first-order chi connectivity index (χ1) is 5.49. The van der Waals surface area contributed by atoms with E-state index in [4.69, 9.17) is 11.7 Å². The monoisotopic (exact) mass is 180 g/mol. The third-order valence-electron chi connectivity index (χ3n) is 1.38. The summed E-state index contributed by atoms with van der Waals surface area (Å²) in [6.45, 7) is 6.79. The molecule has 3 heteroatoms. The van der Waals surface area contributed by atoms with Gasteiger partial charge in [-0.3, -0.25) is 0 Å². The summed E-state index contributed by atoms with van der Waals surface area (Å²) in [6, 6.07) is 2.00. The minimum absolute atomic E-state index is 0.0678. The largest absolute Gasteiger partial charge is 0.306 e. The first-order valence-electron chi connectivity index (χ1n) is 4.06. The molecule has 0 aromatic rings. The maximum atomic E-state index is 8.42. The molecule has 0 amide bonds. The van der Waals surface area contributed by atoms with Crippen LogP contribution >= 0.6 is 0 Å². The molecule has 0 radical (unpaired) electrons. The van der Waals surface area contributed by atoms with Crippen molar-refractivity contribution in [1.29, 1.82) is 5.26 Å². The van der Waals surface area contributed by atoms with Gasteiger partial charge in [0.05, 0.1) is 26.6 Å². The molecule has 1 atom stereocenters. The standard InChI is InChI=1S/C9H16N2Si/c1-5-9(6-7-10)11-8-12(2,3)4/h1,9,11H,6,8H2,2-4H3. The average Bonchev–Trinajstić information content (AvgIpc) is 1.96. The molecule has 0 spiro atoms. The zero-order valence-electron chi connectivity index (χ0n) is 8.02. The van der Waals surface area contributed by atoms with Gasteiger partial charge in [0.15, 0.2) is 0 Å². The van der Waals surface area contributed by atoms with E-state index in [1.54, 1.807) is 0 Å². The van der Waals surface area contributed by atoms with Gasteiger partial charge in [-0.15, -0.1) is 6.42 Å². The fourth-order valence-corrected chi connectivity index (χ4v) is 1.57. The highest BCUT2D eigenvalue weighted by Gasteiger charge is 2.14. The molecule has 0 aliphatic rings. The van der Waals surface area contributed by atoms with Crippen LogP contribution in [-0.4, -0.2) is 20.3 Å². The van der Waals surface area contributed by atoms with E-state index in [-0.39, 0.29) is 6.04 Å². The third-order valence-corrected chi connectivity index (χ3v) is 2.64. The van der Waals surface area contributed by atoms with Crippen LogP contribution in [0.4, 0.5) is 0 Å². The van der Waals surface area contributed by atoms with Gasteiger partial charge in [-0.2, -0.15) is 5.26 Å². The molecule has 0 rings (SSSR count). The highest BCUT2D eigenvalue weighted by molar-refractivity contribution is 6.76. The summed E-state index contributed by atoms with van der Waals surface area (Å²) < 4.78 is 0. The molecule has 0 aliphatic carbocycles. The van der Waals surface area contributed by atoms with Gasteiger partial charge in [0, 0.05) is 0 Å². The minimum atomic E-state index is -1.08. The van der Waals surface area contributed by atoms with Crippen LogP contribution in [0.5, 0.6) is 0 Å². The number of nitriles is 1. The minimum Gasteiger partial charge on any atom is -0.306 e. The zero-order valence-corrected chi connectivity index (χ0v) is 9.02. The van der Waals surface area contributed by atoms with Crippen LogP contribution in [0.25, 0.3) is 0 Å². The average molecular weight is 180 g/mol. The second kappa shape index (κ2) is 4.98. The van der Waals surface area contributed by atoms with E-state index >= 15 is 0 Å². The van der Waals surface area contributed by atoms with Gasteiger partial charge in [0.25, 0.3) is 0 Å². The highest BCUT2D eigenvalue weighted by Crippen LogP contribution is 1.98. The lowest BCUT2D eigenvalue weighted by Crippen LogP contribution is -2.41.